The molecule has 1 fully saturated rings. The molecule has 0 radical (unpaired) electrons. The van der Waals surface area contributed by atoms with Crippen molar-refractivity contribution in [3.05, 3.63) is 63.9 Å². The number of benzene rings is 1. The molecule has 1 aromatic carbocycles. The number of rotatable bonds is 3. The number of nitrogens with zero attached hydrogens (tertiary/aromatic N) is 2. The Balaban J connectivity index is 1.38. The van der Waals surface area contributed by atoms with E-state index in [1.165, 1.54) is 17.8 Å². The van der Waals surface area contributed by atoms with Gasteiger partial charge >= 0.3 is 0 Å². The maximum Gasteiger partial charge on any atom is 0.256 e. The number of nitrogens with one attached hydrogen (secondary N) is 2. The normalized spacial score (nSPS) is 19.5. The molecule has 3 aliphatic heterocycles. The zero-order valence-electron chi connectivity index (χ0n) is 18.8. The number of fused-ring (bicyclic) bond motifs is 1. The lowest BCUT2D eigenvalue weighted by Gasteiger charge is -2.35. The SMILES string of the molecule is Cc1[nH]c(/C=C2\C(=O)Nc3ccc(F)cc32)c(C)c1C(=O)N1CC=C(N2CCOCC2)CC1. The second kappa shape index (κ2) is 8.51. The van der Waals surface area contributed by atoms with Crippen molar-refractivity contribution >= 4 is 29.2 Å². The number of aryl methyl sites for hydroxylation is 1. The molecule has 2 N–H and O–H groups in total. The Morgan fingerprint density at radius 1 is 1.18 bits per heavy atom. The quantitative estimate of drug-likeness (QED) is 0.704. The molecule has 3 aliphatic rings. The average Bonchev–Trinajstić information content (AvgIpc) is 3.28. The van der Waals surface area contributed by atoms with Crippen LogP contribution in [0.15, 0.2) is 30.0 Å². The van der Waals surface area contributed by atoms with Gasteiger partial charge in [0.15, 0.2) is 0 Å². The Kier molecular flexibility index (Phi) is 5.54. The fraction of sp³-hybridized carbons (Fsp3) is 0.360. The van der Waals surface area contributed by atoms with E-state index in [0.29, 0.717) is 41.2 Å². The minimum Gasteiger partial charge on any atom is -0.378 e. The van der Waals surface area contributed by atoms with Crippen molar-refractivity contribution in [1.82, 2.24) is 14.8 Å². The molecule has 2 amide bonds. The van der Waals surface area contributed by atoms with Gasteiger partial charge in [-0.15, -0.1) is 0 Å². The zero-order valence-corrected chi connectivity index (χ0v) is 18.8. The molecule has 0 saturated carbocycles. The molecule has 172 valence electrons. The van der Waals surface area contributed by atoms with Crippen molar-refractivity contribution in [2.45, 2.75) is 20.3 Å². The highest BCUT2D eigenvalue weighted by Gasteiger charge is 2.28. The molecule has 33 heavy (non-hydrogen) atoms. The summed E-state index contributed by atoms with van der Waals surface area (Å²) in [6, 6.07) is 4.23. The highest BCUT2D eigenvalue weighted by Crippen LogP contribution is 2.34. The summed E-state index contributed by atoms with van der Waals surface area (Å²) < 4.78 is 19.2. The second-order valence-corrected chi connectivity index (χ2v) is 8.66. The minimum atomic E-state index is -0.402. The van der Waals surface area contributed by atoms with E-state index in [1.54, 1.807) is 12.1 Å². The van der Waals surface area contributed by atoms with E-state index in [2.05, 4.69) is 21.3 Å². The van der Waals surface area contributed by atoms with Crippen LogP contribution in [0.2, 0.25) is 0 Å². The number of hydrogen-bond acceptors (Lipinski definition) is 4. The molecular formula is C25H27FN4O3. The molecule has 0 bridgehead atoms. The van der Waals surface area contributed by atoms with Crippen LogP contribution in [0.4, 0.5) is 10.1 Å². The number of amides is 2. The lowest BCUT2D eigenvalue weighted by atomic mass is 10.0. The van der Waals surface area contributed by atoms with E-state index in [0.717, 1.165) is 44.0 Å². The Labute approximate surface area is 191 Å². The third kappa shape index (κ3) is 3.95. The molecule has 7 nitrogen and oxygen atoms in total. The van der Waals surface area contributed by atoms with Gasteiger partial charge in [-0.25, -0.2) is 4.39 Å². The van der Waals surface area contributed by atoms with Gasteiger partial charge in [0.1, 0.15) is 5.82 Å². The molecule has 2 aromatic rings. The number of H-pyrrole nitrogens is 1. The molecule has 1 aromatic heterocycles. The Hall–Kier alpha value is -3.39. The third-order valence-electron chi connectivity index (χ3n) is 6.63. The van der Waals surface area contributed by atoms with Crippen molar-refractivity contribution in [3.63, 3.8) is 0 Å². The lowest BCUT2D eigenvalue weighted by molar-refractivity contribution is -0.110. The van der Waals surface area contributed by atoms with E-state index in [-0.39, 0.29) is 11.8 Å². The first-order valence-corrected chi connectivity index (χ1v) is 11.3. The largest absolute Gasteiger partial charge is 0.378 e. The van der Waals surface area contributed by atoms with Crippen LogP contribution in [0.25, 0.3) is 11.6 Å². The number of morpholine rings is 1. The third-order valence-corrected chi connectivity index (χ3v) is 6.63. The summed E-state index contributed by atoms with van der Waals surface area (Å²) in [5.41, 5.74) is 5.62. The summed E-state index contributed by atoms with van der Waals surface area (Å²) >= 11 is 0. The summed E-state index contributed by atoms with van der Waals surface area (Å²) in [7, 11) is 0. The molecular weight excluding hydrogens is 423 g/mol. The van der Waals surface area contributed by atoms with Crippen molar-refractivity contribution < 1.29 is 18.7 Å². The number of carbonyl (C=O) groups excluding carboxylic acids is 2. The predicted molar refractivity (Wildman–Crippen MR) is 124 cm³/mol. The van der Waals surface area contributed by atoms with Crippen LogP contribution in [-0.4, -0.2) is 66.0 Å². The molecule has 4 heterocycles. The first-order valence-electron chi connectivity index (χ1n) is 11.3. The summed E-state index contributed by atoms with van der Waals surface area (Å²) in [4.78, 5) is 33.3. The number of hydrogen-bond donors (Lipinski definition) is 2. The van der Waals surface area contributed by atoms with Gasteiger partial charge in [0.2, 0.25) is 0 Å². The van der Waals surface area contributed by atoms with Gasteiger partial charge in [-0.2, -0.15) is 0 Å². The number of aromatic nitrogens is 1. The maximum absolute atomic E-state index is 13.8. The Bertz CT molecular complexity index is 1190. The molecule has 0 atom stereocenters. The molecule has 5 rings (SSSR count). The summed E-state index contributed by atoms with van der Waals surface area (Å²) in [5.74, 6) is -0.710. The van der Waals surface area contributed by atoms with Crippen molar-refractivity contribution in [2.75, 3.05) is 44.7 Å². The van der Waals surface area contributed by atoms with Gasteiger partial charge in [0, 0.05) is 60.9 Å². The number of aromatic amines is 1. The van der Waals surface area contributed by atoms with Gasteiger partial charge in [-0.05, 0) is 49.8 Å². The topological polar surface area (TPSA) is 77.7 Å². The summed E-state index contributed by atoms with van der Waals surface area (Å²) in [5, 5.41) is 2.76. The fourth-order valence-electron chi connectivity index (χ4n) is 4.83. The van der Waals surface area contributed by atoms with E-state index in [1.807, 2.05) is 18.7 Å². The monoisotopic (exact) mass is 450 g/mol. The number of halogens is 1. The minimum absolute atomic E-state index is 0.0227. The van der Waals surface area contributed by atoms with Crippen LogP contribution in [-0.2, 0) is 9.53 Å². The van der Waals surface area contributed by atoms with Crippen molar-refractivity contribution in [2.24, 2.45) is 0 Å². The van der Waals surface area contributed by atoms with E-state index < -0.39 is 5.82 Å². The predicted octanol–water partition coefficient (Wildman–Crippen LogP) is 3.33. The summed E-state index contributed by atoms with van der Waals surface area (Å²) in [6.07, 6.45) is 4.67. The van der Waals surface area contributed by atoms with Crippen molar-refractivity contribution in [1.29, 1.82) is 0 Å². The smallest absolute Gasteiger partial charge is 0.256 e. The van der Waals surface area contributed by atoms with E-state index in [4.69, 9.17) is 4.74 Å². The second-order valence-electron chi connectivity index (χ2n) is 8.66. The maximum atomic E-state index is 13.8. The van der Waals surface area contributed by atoms with Crippen LogP contribution in [0.3, 0.4) is 0 Å². The van der Waals surface area contributed by atoms with E-state index >= 15 is 0 Å². The molecule has 0 aliphatic carbocycles. The summed E-state index contributed by atoms with van der Waals surface area (Å²) in [6.45, 7) is 8.26. The first-order chi connectivity index (χ1) is 15.9. The lowest BCUT2D eigenvalue weighted by Crippen LogP contribution is -2.41. The zero-order chi connectivity index (χ0) is 23.1. The van der Waals surface area contributed by atoms with Gasteiger partial charge in [-0.3, -0.25) is 9.59 Å². The Morgan fingerprint density at radius 2 is 1.97 bits per heavy atom. The average molecular weight is 451 g/mol. The number of carbonyl (C=O) groups is 2. The molecule has 1 saturated heterocycles. The van der Waals surface area contributed by atoms with Crippen LogP contribution >= 0.6 is 0 Å². The molecule has 0 unspecified atom stereocenters. The van der Waals surface area contributed by atoms with Crippen molar-refractivity contribution in [3.8, 4) is 0 Å². The standard InChI is InChI=1S/C25H27FN4O3/c1-15-22(14-20-19-13-17(26)3-4-21(19)28-24(20)31)27-16(2)23(15)25(32)30-7-5-18(6-8-30)29-9-11-33-12-10-29/h3-5,13-14,27H,6-12H2,1-2H3,(H,28,31)/b20-14-. The number of ether oxygens (including phenoxy) is 1. The fourth-order valence-corrected chi connectivity index (χ4v) is 4.83. The van der Waals surface area contributed by atoms with Crippen LogP contribution in [0.1, 0.15) is 39.3 Å². The molecule has 0 spiro atoms. The Morgan fingerprint density at radius 3 is 2.70 bits per heavy atom. The first kappa shape index (κ1) is 21.5. The number of anilines is 1. The van der Waals surface area contributed by atoms with Crippen LogP contribution in [0.5, 0.6) is 0 Å². The van der Waals surface area contributed by atoms with E-state index in [9.17, 15) is 14.0 Å². The molecule has 8 heteroatoms. The van der Waals surface area contributed by atoms with Gasteiger partial charge in [0.05, 0.1) is 24.4 Å². The van der Waals surface area contributed by atoms with Crippen LogP contribution in [0, 0.1) is 19.7 Å². The van der Waals surface area contributed by atoms with Gasteiger partial charge in [0.25, 0.3) is 11.8 Å². The van der Waals surface area contributed by atoms with Gasteiger partial charge < -0.3 is 24.8 Å². The van der Waals surface area contributed by atoms with Gasteiger partial charge in [-0.1, -0.05) is 0 Å². The highest BCUT2D eigenvalue weighted by molar-refractivity contribution is 6.34. The van der Waals surface area contributed by atoms with Crippen LogP contribution < -0.4 is 5.32 Å². The highest BCUT2D eigenvalue weighted by atomic mass is 19.1.